The van der Waals surface area contributed by atoms with E-state index in [0.717, 1.165) is 12.8 Å². The van der Waals surface area contributed by atoms with Crippen molar-refractivity contribution in [2.24, 2.45) is 0 Å². The Morgan fingerprint density at radius 1 is 0.882 bits per heavy atom. The van der Waals surface area contributed by atoms with Gasteiger partial charge in [0, 0.05) is 9.47 Å². The van der Waals surface area contributed by atoms with Gasteiger partial charge in [0.15, 0.2) is 0 Å². The van der Waals surface area contributed by atoms with Crippen LogP contribution in [0, 0.1) is 0 Å². The molecule has 2 atom stereocenters. The molecule has 2 heteroatoms. The van der Waals surface area contributed by atoms with Crippen LogP contribution in [0.4, 0.5) is 0 Å². The van der Waals surface area contributed by atoms with E-state index in [2.05, 4.69) is 58.0 Å². The van der Waals surface area contributed by atoms with Crippen molar-refractivity contribution in [1.82, 2.24) is 0 Å². The van der Waals surface area contributed by atoms with Gasteiger partial charge in [-0.2, -0.15) is 0 Å². The van der Waals surface area contributed by atoms with Crippen molar-refractivity contribution in [2.75, 3.05) is 0 Å². The van der Waals surface area contributed by atoms with E-state index in [9.17, 15) is 0 Å². The zero-order valence-corrected chi connectivity index (χ0v) is 10.9. The highest BCUT2D eigenvalue weighted by molar-refractivity contribution is 7.09. The molecule has 17 heavy (non-hydrogen) atoms. The maximum Gasteiger partial charge on any atom is 0.0863 e. The minimum absolute atomic E-state index is 0.154. The maximum atomic E-state index is 5.47. The van der Waals surface area contributed by atoms with Crippen molar-refractivity contribution in [3.8, 4) is 0 Å². The van der Waals surface area contributed by atoms with Gasteiger partial charge < -0.3 is 4.52 Å². The molecule has 0 heterocycles. The molecule has 2 aromatic rings. The van der Waals surface area contributed by atoms with Crippen molar-refractivity contribution in [2.45, 2.75) is 18.9 Å². The molecule has 0 spiro atoms. The molecule has 0 aliphatic rings. The number of rotatable bonds is 5. The molecule has 0 aliphatic heterocycles. The van der Waals surface area contributed by atoms with Gasteiger partial charge in [0.25, 0.3) is 0 Å². The second-order valence-electron chi connectivity index (χ2n) is 4.06. The summed E-state index contributed by atoms with van der Waals surface area (Å²) >= 11 is 0. The van der Waals surface area contributed by atoms with Crippen LogP contribution in [0.3, 0.4) is 0 Å². The molecule has 0 bridgehead atoms. The fourth-order valence-electron chi connectivity index (χ4n) is 1.92. The lowest BCUT2D eigenvalue weighted by Crippen LogP contribution is -2.00. The van der Waals surface area contributed by atoms with Gasteiger partial charge in [-0.1, -0.05) is 60.7 Å². The van der Waals surface area contributed by atoms with Crippen LogP contribution in [-0.2, 0) is 10.9 Å². The Morgan fingerprint density at radius 2 is 1.47 bits per heavy atom. The minimum Gasteiger partial charge on any atom is -0.358 e. The summed E-state index contributed by atoms with van der Waals surface area (Å²) in [5, 5.41) is 0. The Morgan fingerprint density at radius 3 is 2.06 bits per heavy atom. The van der Waals surface area contributed by atoms with E-state index in [1.54, 1.807) is 0 Å². The SMILES string of the molecule is POC(CCc1ccccc1)c1ccccc1. The first-order chi connectivity index (χ1) is 8.40. The predicted molar refractivity (Wildman–Crippen MR) is 74.7 cm³/mol. The average molecular weight is 244 g/mol. The van der Waals surface area contributed by atoms with E-state index in [0.29, 0.717) is 0 Å². The lowest BCUT2D eigenvalue weighted by Gasteiger charge is -2.15. The summed E-state index contributed by atoms with van der Waals surface area (Å²) in [6.45, 7) is 0. The van der Waals surface area contributed by atoms with Gasteiger partial charge in [-0.3, -0.25) is 0 Å². The Kier molecular flexibility index (Phi) is 4.73. The number of benzene rings is 2. The highest BCUT2D eigenvalue weighted by Gasteiger charge is 2.09. The molecule has 2 rings (SSSR count). The van der Waals surface area contributed by atoms with E-state index < -0.39 is 0 Å². The van der Waals surface area contributed by atoms with Gasteiger partial charge in [0.1, 0.15) is 0 Å². The second-order valence-corrected chi connectivity index (χ2v) is 4.33. The van der Waals surface area contributed by atoms with E-state index in [1.165, 1.54) is 11.1 Å². The zero-order valence-electron chi connectivity index (χ0n) is 9.75. The highest BCUT2D eigenvalue weighted by Crippen LogP contribution is 2.25. The minimum atomic E-state index is 0.154. The summed E-state index contributed by atoms with van der Waals surface area (Å²) in [7, 11) is 2.38. The van der Waals surface area contributed by atoms with Crippen molar-refractivity contribution in [3.63, 3.8) is 0 Å². The molecule has 0 amide bonds. The lowest BCUT2D eigenvalue weighted by molar-refractivity contribution is 0.233. The van der Waals surface area contributed by atoms with Crippen LogP contribution in [-0.4, -0.2) is 0 Å². The van der Waals surface area contributed by atoms with E-state index in [-0.39, 0.29) is 6.10 Å². The Bertz CT molecular complexity index is 427. The highest BCUT2D eigenvalue weighted by atomic mass is 31.0. The van der Waals surface area contributed by atoms with Gasteiger partial charge in [-0.25, -0.2) is 0 Å². The fourth-order valence-corrected chi connectivity index (χ4v) is 2.22. The molecular formula is C15H17OP. The Balaban J connectivity index is 1.97. The van der Waals surface area contributed by atoms with Crippen molar-refractivity contribution < 1.29 is 4.52 Å². The molecule has 0 fully saturated rings. The van der Waals surface area contributed by atoms with Crippen molar-refractivity contribution >= 4 is 9.47 Å². The van der Waals surface area contributed by atoms with Crippen LogP contribution in [0.1, 0.15) is 23.7 Å². The first-order valence-electron chi connectivity index (χ1n) is 5.84. The van der Waals surface area contributed by atoms with Crippen LogP contribution in [0.5, 0.6) is 0 Å². The zero-order chi connectivity index (χ0) is 11.9. The standard InChI is InChI=1S/C15H17OP/c17-16-15(14-9-5-2-6-10-14)12-11-13-7-3-1-4-8-13/h1-10,15H,11-12,17H2. The summed E-state index contributed by atoms with van der Waals surface area (Å²) < 4.78 is 5.47. The van der Waals surface area contributed by atoms with Crippen LogP contribution < -0.4 is 0 Å². The Labute approximate surface area is 105 Å². The van der Waals surface area contributed by atoms with Gasteiger partial charge in [0.05, 0.1) is 6.10 Å². The molecule has 0 saturated carbocycles. The summed E-state index contributed by atoms with van der Waals surface area (Å²) in [5.74, 6) is 0. The van der Waals surface area contributed by atoms with Gasteiger partial charge in [-0.15, -0.1) is 0 Å². The molecular weight excluding hydrogens is 227 g/mol. The first-order valence-corrected chi connectivity index (χ1v) is 6.31. The number of hydrogen-bond donors (Lipinski definition) is 0. The quantitative estimate of drug-likeness (QED) is 0.717. The largest absolute Gasteiger partial charge is 0.358 e. The molecule has 0 saturated heterocycles. The van der Waals surface area contributed by atoms with Crippen molar-refractivity contribution in [1.29, 1.82) is 0 Å². The van der Waals surface area contributed by atoms with Crippen LogP contribution in [0.15, 0.2) is 60.7 Å². The van der Waals surface area contributed by atoms with E-state index >= 15 is 0 Å². The summed E-state index contributed by atoms with van der Waals surface area (Å²) in [6, 6.07) is 20.9. The molecule has 0 aliphatic carbocycles. The van der Waals surface area contributed by atoms with Crippen LogP contribution in [0.2, 0.25) is 0 Å². The van der Waals surface area contributed by atoms with E-state index in [4.69, 9.17) is 4.52 Å². The molecule has 1 nitrogen and oxygen atoms in total. The number of aryl methyl sites for hydroxylation is 1. The molecule has 88 valence electrons. The summed E-state index contributed by atoms with van der Waals surface area (Å²) in [4.78, 5) is 0. The molecule has 0 radical (unpaired) electrons. The molecule has 2 unspecified atom stereocenters. The second kappa shape index (κ2) is 6.54. The Hall–Kier alpha value is -1.17. The van der Waals surface area contributed by atoms with Gasteiger partial charge in [0.2, 0.25) is 0 Å². The summed E-state index contributed by atoms with van der Waals surface area (Å²) in [6.07, 6.45) is 2.19. The normalized spacial score (nSPS) is 12.3. The lowest BCUT2D eigenvalue weighted by atomic mass is 10.0. The van der Waals surface area contributed by atoms with Crippen molar-refractivity contribution in [3.05, 3.63) is 71.8 Å². The third-order valence-electron chi connectivity index (χ3n) is 2.87. The third-order valence-corrected chi connectivity index (χ3v) is 3.20. The van der Waals surface area contributed by atoms with Gasteiger partial charge >= 0.3 is 0 Å². The van der Waals surface area contributed by atoms with Crippen LogP contribution in [0.25, 0.3) is 0 Å². The molecule has 2 aromatic carbocycles. The molecule has 0 aromatic heterocycles. The topological polar surface area (TPSA) is 9.23 Å². The van der Waals surface area contributed by atoms with E-state index in [1.807, 2.05) is 12.1 Å². The third kappa shape index (κ3) is 3.66. The predicted octanol–water partition coefficient (Wildman–Crippen LogP) is 4.17. The monoisotopic (exact) mass is 244 g/mol. The maximum absolute atomic E-state index is 5.47. The molecule has 0 N–H and O–H groups in total. The smallest absolute Gasteiger partial charge is 0.0863 e. The first kappa shape index (κ1) is 12.3. The van der Waals surface area contributed by atoms with Gasteiger partial charge in [-0.05, 0) is 24.0 Å². The average Bonchev–Trinajstić information content (AvgIpc) is 2.42. The fraction of sp³-hybridized carbons (Fsp3) is 0.200. The summed E-state index contributed by atoms with van der Waals surface area (Å²) in [5.41, 5.74) is 2.59. The van der Waals surface area contributed by atoms with Crippen LogP contribution >= 0.6 is 9.47 Å². The number of hydrogen-bond acceptors (Lipinski definition) is 1.